The van der Waals surface area contributed by atoms with E-state index in [1.807, 2.05) is 0 Å². The number of carbonyl (C=O) groups is 2. The number of methoxy groups -OCH3 is 1. The normalized spacial score (nSPS) is 15.5. The molecule has 0 aromatic rings. The van der Waals surface area contributed by atoms with Crippen molar-refractivity contribution in [2.75, 3.05) is 13.7 Å². The lowest BCUT2D eigenvalue weighted by Crippen LogP contribution is -2.58. The molecule has 164 valence electrons. The van der Waals surface area contributed by atoms with Crippen molar-refractivity contribution >= 4 is 22.1 Å². The number of hydrogen-bond acceptors (Lipinski definition) is 7. The van der Waals surface area contributed by atoms with Crippen LogP contribution in [0.25, 0.3) is 0 Å². The summed E-state index contributed by atoms with van der Waals surface area (Å²) in [5.74, 6) is -17.9. The Balaban J connectivity index is 5.85. The van der Waals surface area contributed by atoms with Gasteiger partial charge in [-0.05, 0) is 0 Å². The fraction of sp³-hybridized carbons (Fsp3) is 0.636. The molecule has 0 saturated carbocycles. The van der Waals surface area contributed by atoms with Gasteiger partial charge in [-0.2, -0.15) is 43.5 Å². The highest BCUT2D eigenvalue weighted by molar-refractivity contribution is 7.87. The van der Waals surface area contributed by atoms with E-state index in [2.05, 4.69) is 20.8 Å². The molecule has 0 aliphatic heterocycles. The molecule has 0 bridgehead atoms. The summed E-state index contributed by atoms with van der Waals surface area (Å²) in [6.45, 7) is 0.0459. The Morgan fingerprint density at radius 3 is 1.86 bits per heavy atom. The zero-order valence-electron chi connectivity index (χ0n) is 13.4. The number of alkyl halides is 7. The summed E-state index contributed by atoms with van der Waals surface area (Å²) in [5.41, 5.74) is 0. The smallest absolute Gasteiger partial charge is 0.464 e. The molecule has 0 aromatic heterocycles. The molecule has 0 rings (SSSR count). The van der Waals surface area contributed by atoms with Gasteiger partial charge in [0.2, 0.25) is 5.83 Å². The Bertz CT molecular complexity index is 731. The van der Waals surface area contributed by atoms with Gasteiger partial charge in [0.25, 0.3) is 0 Å². The van der Waals surface area contributed by atoms with Crippen LogP contribution in [0, 0.1) is 0 Å². The lowest BCUT2D eigenvalue weighted by Gasteiger charge is -2.32. The third-order valence-electron chi connectivity index (χ3n) is 2.76. The van der Waals surface area contributed by atoms with E-state index in [1.165, 1.54) is 0 Å². The molecule has 0 saturated heterocycles. The second-order valence-corrected chi connectivity index (χ2v) is 6.16. The van der Waals surface area contributed by atoms with Crippen LogP contribution in [0.3, 0.4) is 0 Å². The molecule has 1 unspecified atom stereocenters. The molecule has 0 spiro atoms. The molecule has 0 aliphatic carbocycles. The van der Waals surface area contributed by atoms with Crippen LogP contribution in [-0.2, 0) is 33.9 Å². The molecule has 0 heterocycles. The van der Waals surface area contributed by atoms with Crippen molar-refractivity contribution in [1.82, 2.24) is 0 Å². The van der Waals surface area contributed by atoms with E-state index in [-0.39, 0.29) is 7.11 Å². The Morgan fingerprint density at radius 1 is 1.07 bits per heavy atom. The predicted octanol–water partition coefficient (Wildman–Crippen LogP) is 1.97. The van der Waals surface area contributed by atoms with Gasteiger partial charge in [-0.15, -0.1) is 0 Å². The van der Waals surface area contributed by atoms with E-state index in [0.29, 0.717) is 0 Å². The standard InChI is InChI=1S/C11H10F8O8S/c1-5(12)6(20)27-9(7(21)25-2,10(15,16)17)26-4-3-8(13,14)11(18,19)28(22,23)24/h1,3-4H2,2H3,(H,22,23,24). The molecule has 28 heavy (non-hydrogen) atoms. The number of hydrogen-bond donors (Lipinski definition) is 1. The molecular weight excluding hydrogens is 444 g/mol. The van der Waals surface area contributed by atoms with Gasteiger partial charge in [0.1, 0.15) is 0 Å². The van der Waals surface area contributed by atoms with Crippen LogP contribution in [0.15, 0.2) is 12.4 Å². The van der Waals surface area contributed by atoms with Gasteiger partial charge in [-0.25, -0.2) is 9.59 Å². The zero-order valence-corrected chi connectivity index (χ0v) is 14.2. The second-order valence-electron chi connectivity index (χ2n) is 4.70. The first kappa shape index (κ1) is 26.0. The van der Waals surface area contributed by atoms with E-state index in [1.54, 1.807) is 0 Å². The fourth-order valence-electron chi connectivity index (χ4n) is 1.36. The highest BCUT2D eigenvalue weighted by Crippen LogP contribution is 2.42. The van der Waals surface area contributed by atoms with Crippen LogP contribution in [0.2, 0.25) is 0 Å². The van der Waals surface area contributed by atoms with E-state index in [0.717, 1.165) is 0 Å². The largest absolute Gasteiger partial charge is 0.468 e. The summed E-state index contributed by atoms with van der Waals surface area (Å²) in [6, 6.07) is 0. The fourth-order valence-corrected chi connectivity index (χ4v) is 1.84. The van der Waals surface area contributed by atoms with Gasteiger partial charge in [0.05, 0.1) is 13.7 Å². The Hall–Kier alpha value is -2.01. The van der Waals surface area contributed by atoms with Crippen molar-refractivity contribution < 1.29 is 71.9 Å². The summed E-state index contributed by atoms with van der Waals surface area (Å²) in [6.07, 6.45) is -8.64. The molecule has 1 N–H and O–H groups in total. The van der Waals surface area contributed by atoms with Crippen LogP contribution in [0.4, 0.5) is 35.1 Å². The van der Waals surface area contributed by atoms with Crippen LogP contribution >= 0.6 is 0 Å². The lowest BCUT2D eigenvalue weighted by molar-refractivity contribution is -0.356. The Labute approximate surface area is 150 Å². The minimum atomic E-state index is -6.70. The number of ether oxygens (including phenoxy) is 3. The SMILES string of the molecule is C=C(F)C(=O)OC(OCCC(F)(F)C(F)(F)S(=O)(=O)O)(C(=O)OC)C(F)(F)F. The first-order valence-electron chi connectivity index (χ1n) is 6.36. The molecule has 0 fully saturated rings. The maximum atomic E-state index is 13.3. The molecule has 0 radical (unpaired) electrons. The summed E-state index contributed by atoms with van der Waals surface area (Å²) >= 11 is 0. The number of carbonyl (C=O) groups excluding carboxylic acids is 2. The van der Waals surface area contributed by atoms with Gasteiger partial charge < -0.3 is 14.2 Å². The minimum absolute atomic E-state index is 0.283. The van der Waals surface area contributed by atoms with E-state index in [4.69, 9.17) is 4.55 Å². The van der Waals surface area contributed by atoms with Crippen molar-refractivity contribution in [1.29, 1.82) is 0 Å². The van der Waals surface area contributed by atoms with Crippen LogP contribution < -0.4 is 0 Å². The van der Waals surface area contributed by atoms with Gasteiger partial charge in [-0.3, -0.25) is 4.55 Å². The van der Waals surface area contributed by atoms with Crippen LogP contribution in [-0.4, -0.2) is 61.8 Å². The number of esters is 2. The van der Waals surface area contributed by atoms with Crippen molar-refractivity contribution in [3.8, 4) is 0 Å². The summed E-state index contributed by atoms with van der Waals surface area (Å²) in [4.78, 5) is 22.4. The molecule has 1 atom stereocenters. The lowest BCUT2D eigenvalue weighted by atomic mass is 10.2. The topological polar surface area (TPSA) is 116 Å². The van der Waals surface area contributed by atoms with Crippen molar-refractivity contribution in [3.63, 3.8) is 0 Å². The van der Waals surface area contributed by atoms with Crippen molar-refractivity contribution in [2.45, 2.75) is 29.6 Å². The Morgan fingerprint density at radius 2 is 1.54 bits per heavy atom. The second kappa shape index (κ2) is 8.16. The molecule has 17 heteroatoms. The highest BCUT2D eigenvalue weighted by atomic mass is 32.2. The average Bonchev–Trinajstić information content (AvgIpc) is 2.50. The van der Waals surface area contributed by atoms with Crippen LogP contribution in [0.1, 0.15) is 6.42 Å². The van der Waals surface area contributed by atoms with E-state index >= 15 is 0 Å². The quantitative estimate of drug-likeness (QED) is 0.185. The van der Waals surface area contributed by atoms with Gasteiger partial charge in [0.15, 0.2) is 0 Å². The van der Waals surface area contributed by atoms with Crippen molar-refractivity contribution in [3.05, 3.63) is 12.4 Å². The maximum absolute atomic E-state index is 13.3. The highest BCUT2D eigenvalue weighted by Gasteiger charge is 2.69. The first-order valence-corrected chi connectivity index (χ1v) is 7.80. The first-order chi connectivity index (χ1) is 12.3. The third-order valence-corrected chi connectivity index (χ3v) is 3.70. The van der Waals surface area contributed by atoms with Gasteiger partial charge in [-0.1, -0.05) is 6.58 Å². The molecule has 8 nitrogen and oxygen atoms in total. The Kier molecular flexibility index (Phi) is 7.57. The minimum Gasteiger partial charge on any atom is -0.464 e. The van der Waals surface area contributed by atoms with E-state index < -0.39 is 64.1 Å². The number of halogens is 8. The average molecular weight is 454 g/mol. The molecule has 0 aromatic carbocycles. The molecular formula is C11H10F8O8S. The van der Waals surface area contributed by atoms with Crippen molar-refractivity contribution in [2.24, 2.45) is 0 Å². The van der Waals surface area contributed by atoms with E-state index in [9.17, 15) is 53.1 Å². The molecule has 0 amide bonds. The molecule has 0 aliphatic rings. The van der Waals surface area contributed by atoms with Gasteiger partial charge in [0, 0.05) is 6.42 Å². The third kappa shape index (κ3) is 5.07. The summed E-state index contributed by atoms with van der Waals surface area (Å²) in [5, 5.41) is -6.15. The zero-order chi connectivity index (χ0) is 22.8. The monoisotopic (exact) mass is 454 g/mol. The summed E-state index contributed by atoms with van der Waals surface area (Å²) in [7, 11) is -6.42. The number of rotatable bonds is 9. The summed E-state index contributed by atoms with van der Waals surface area (Å²) < 4.78 is 144. The van der Waals surface area contributed by atoms with Gasteiger partial charge >= 0.3 is 45.2 Å². The van der Waals surface area contributed by atoms with Crippen LogP contribution in [0.5, 0.6) is 0 Å². The predicted molar refractivity (Wildman–Crippen MR) is 69.2 cm³/mol. The maximum Gasteiger partial charge on any atom is 0.468 e.